The molecule has 1 heterocycles. The van der Waals surface area contributed by atoms with Gasteiger partial charge in [0.15, 0.2) is 5.82 Å². The highest BCUT2D eigenvalue weighted by atomic mass is 19.1. The van der Waals surface area contributed by atoms with E-state index in [4.69, 9.17) is 4.52 Å². The van der Waals surface area contributed by atoms with Gasteiger partial charge in [-0.25, -0.2) is 4.39 Å². The second-order valence-corrected chi connectivity index (χ2v) is 5.51. The molecule has 1 amide bonds. The number of amides is 1. The van der Waals surface area contributed by atoms with Gasteiger partial charge in [0.2, 0.25) is 11.8 Å². The molecule has 0 saturated carbocycles. The first-order valence-electron chi connectivity index (χ1n) is 7.46. The number of hydrogen-bond acceptors (Lipinski definition) is 5. The fourth-order valence-electron chi connectivity index (χ4n) is 2.11. The van der Waals surface area contributed by atoms with Crippen LogP contribution in [0.15, 0.2) is 28.8 Å². The minimum atomic E-state index is -0.265. The Hall–Kier alpha value is -2.28. The standard InChI is InChI=1S/C16H21FN4O2/c1-4-15-18-14(19-23-15)10-21(3)16(22)11-20(2)9-12-5-7-13(17)8-6-12/h5-8H,4,9-11H2,1-3H3. The van der Waals surface area contributed by atoms with E-state index in [0.717, 1.165) is 5.56 Å². The number of benzene rings is 1. The van der Waals surface area contributed by atoms with E-state index in [-0.39, 0.29) is 18.3 Å². The molecular formula is C16H21FN4O2. The first-order chi connectivity index (χ1) is 11.0. The molecule has 0 atom stereocenters. The lowest BCUT2D eigenvalue weighted by Gasteiger charge is -2.21. The summed E-state index contributed by atoms with van der Waals surface area (Å²) < 4.78 is 17.9. The van der Waals surface area contributed by atoms with Crippen molar-refractivity contribution in [3.63, 3.8) is 0 Å². The van der Waals surface area contributed by atoms with Crippen LogP contribution in [0.3, 0.4) is 0 Å². The zero-order chi connectivity index (χ0) is 16.8. The highest BCUT2D eigenvalue weighted by molar-refractivity contribution is 5.77. The third-order valence-electron chi connectivity index (χ3n) is 3.39. The van der Waals surface area contributed by atoms with Gasteiger partial charge in [0.1, 0.15) is 5.82 Å². The number of carbonyl (C=O) groups excluding carboxylic acids is 1. The summed E-state index contributed by atoms with van der Waals surface area (Å²) >= 11 is 0. The summed E-state index contributed by atoms with van der Waals surface area (Å²) in [5.74, 6) is 0.754. The van der Waals surface area contributed by atoms with Gasteiger partial charge in [-0.3, -0.25) is 9.69 Å². The molecule has 2 aromatic rings. The van der Waals surface area contributed by atoms with Crippen LogP contribution in [-0.4, -0.2) is 46.5 Å². The molecule has 6 nitrogen and oxygen atoms in total. The van der Waals surface area contributed by atoms with Gasteiger partial charge < -0.3 is 9.42 Å². The molecule has 0 spiro atoms. The maximum Gasteiger partial charge on any atom is 0.236 e. The van der Waals surface area contributed by atoms with Crippen LogP contribution in [0.5, 0.6) is 0 Å². The van der Waals surface area contributed by atoms with Crippen molar-refractivity contribution in [1.82, 2.24) is 19.9 Å². The van der Waals surface area contributed by atoms with Gasteiger partial charge in [-0.1, -0.05) is 24.2 Å². The van der Waals surface area contributed by atoms with Crippen LogP contribution < -0.4 is 0 Å². The zero-order valence-electron chi connectivity index (χ0n) is 13.6. The van der Waals surface area contributed by atoms with Crippen molar-refractivity contribution >= 4 is 5.91 Å². The SMILES string of the molecule is CCc1nc(CN(C)C(=O)CN(C)Cc2ccc(F)cc2)no1. The average Bonchev–Trinajstić information content (AvgIpc) is 2.97. The molecule has 0 unspecified atom stereocenters. The van der Waals surface area contributed by atoms with Crippen molar-refractivity contribution in [3.8, 4) is 0 Å². The van der Waals surface area contributed by atoms with Crippen molar-refractivity contribution < 1.29 is 13.7 Å². The number of likely N-dealkylation sites (N-methyl/N-ethyl adjacent to an activating group) is 2. The average molecular weight is 320 g/mol. The zero-order valence-corrected chi connectivity index (χ0v) is 13.6. The van der Waals surface area contributed by atoms with Gasteiger partial charge in [-0.05, 0) is 24.7 Å². The van der Waals surface area contributed by atoms with Gasteiger partial charge in [0.05, 0.1) is 13.1 Å². The Morgan fingerprint density at radius 2 is 1.91 bits per heavy atom. The Labute approximate surface area is 134 Å². The molecule has 0 aliphatic heterocycles. The molecule has 7 heteroatoms. The van der Waals surface area contributed by atoms with E-state index in [1.807, 2.05) is 18.9 Å². The van der Waals surface area contributed by atoms with Crippen LogP contribution in [0.2, 0.25) is 0 Å². The number of carbonyl (C=O) groups is 1. The maximum atomic E-state index is 12.9. The first-order valence-corrected chi connectivity index (χ1v) is 7.46. The van der Waals surface area contributed by atoms with E-state index in [0.29, 0.717) is 31.2 Å². The summed E-state index contributed by atoms with van der Waals surface area (Å²) in [7, 11) is 3.55. The van der Waals surface area contributed by atoms with Crippen LogP contribution in [0.25, 0.3) is 0 Å². The van der Waals surface area contributed by atoms with Crippen molar-refractivity contribution in [2.45, 2.75) is 26.4 Å². The number of nitrogens with zero attached hydrogens (tertiary/aromatic N) is 4. The quantitative estimate of drug-likeness (QED) is 0.779. The Kier molecular flexibility index (Phi) is 5.81. The van der Waals surface area contributed by atoms with Crippen molar-refractivity contribution in [2.75, 3.05) is 20.6 Å². The molecule has 2 rings (SSSR count). The predicted molar refractivity (Wildman–Crippen MR) is 82.9 cm³/mol. The summed E-state index contributed by atoms with van der Waals surface area (Å²) in [4.78, 5) is 19.8. The van der Waals surface area contributed by atoms with Crippen molar-refractivity contribution in [1.29, 1.82) is 0 Å². The molecule has 124 valence electrons. The van der Waals surface area contributed by atoms with Gasteiger partial charge in [0, 0.05) is 20.0 Å². The first kappa shape index (κ1) is 17.1. The molecule has 0 aliphatic carbocycles. The summed E-state index contributed by atoms with van der Waals surface area (Å²) in [6, 6.07) is 6.26. The Balaban J connectivity index is 1.83. The predicted octanol–water partition coefficient (Wildman–Crippen LogP) is 1.86. The number of aromatic nitrogens is 2. The van der Waals surface area contributed by atoms with E-state index in [1.54, 1.807) is 24.1 Å². The second-order valence-electron chi connectivity index (χ2n) is 5.51. The number of aryl methyl sites for hydroxylation is 1. The highest BCUT2D eigenvalue weighted by Crippen LogP contribution is 2.06. The summed E-state index contributed by atoms with van der Waals surface area (Å²) in [6.07, 6.45) is 0.672. The lowest BCUT2D eigenvalue weighted by atomic mass is 10.2. The molecule has 23 heavy (non-hydrogen) atoms. The van der Waals surface area contributed by atoms with Crippen LogP contribution in [0.4, 0.5) is 4.39 Å². The van der Waals surface area contributed by atoms with Gasteiger partial charge >= 0.3 is 0 Å². The normalized spacial score (nSPS) is 11.0. The van der Waals surface area contributed by atoms with Crippen LogP contribution in [0, 0.1) is 5.82 Å². The lowest BCUT2D eigenvalue weighted by molar-refractivity contribution is -0.131. The van der Waals surface area contributed by atoms with Gasteiger partial charge in [-0.15, -0.1) is 0 Å². The van der Waals surface area contributed by atoms with Gasteiger partial charge in [-0.2, -0.15) is 4.98 Å². The minimum Gasteiger partial charge on any atom is -0.339 e. The molecule has 0 saturated heterocycles. The third kappa shape index (κ3) is 5.14. The molecule has 0 bridgehead atoms. The third-order valence-corrected chi connectivity index (χ3v) is 3.39. The van der Waals surface area contributed by atoms with E-state index in [1.165, 1.54) is 12.1 Å². The topological polar surface area (TPSA) is 62.5 Å². The van der Waals surface area contributed by atoms with Gasteiger partial charge in [0.25, 0.3) is 0 Å². The molecule has 0 radical (unpaired) electrons. The summed E-state index contributed by atoms with van der Waals surface area (Å²) in [5, 5.41) is 3.84. The molecule has 1 aromatic carbocycles. The Bertz CT molecular complexity index is 642. The van der Waals surface area contributed by atoms with E-state index >= 15 is 0 Å². The molecule has 0 N–H and O–H groups in total. The van der Waals surface area contributed by atoms with Crippen molar-refractivity contribution in [2.24, 2.45) is 0 Å². The Morgan fingerprint density at radius 3 is 2.52 bits per heavy atom. The second kappa shape index (κ2) is 7.82. The smallest absolute Gasteiger partial charge is 0.236 e. The molecular weight excluding hydrogens is 299 g/mol. The Morgan fingerprint density at radius 1 is 1.22 bits per heavy atom. The van der Waals surface area contributed by atoms with Crippen LogP contribution in [0.1, 0.15) is 24.2 Å². The summed E-state index contributed by atoms with van der Waals surface area (Å²) in [6.45, 7) is 3.07. The number of halogens is 1. The highest BCUT2D eigenvalue weighted by Gasteiger charge is 2.15. The lowest BCUT2D eigenvalue weighted by Crippen LogP contribution is -2.36. The van der Waals surface area contributed by atoms with E-state index in [2.05, 4.69) is 10.1 Å². The number of hydrogen-bond donors (Lipinski definition) is 0. The summed E-state index contributed by atoms with van der Waals surface area (Å²) in [5.41, 5.74) is 0.954. The van der Waals surface area contributed by atoms with Crippen LogP contribution >= 0.6 is 0 Å². The maximum absolute atomic E-state index is 12.9. The van der Waals surface area contributed by atoms with Crippen molar-refractivity contribution in [3.05, 3.63) is 47.4 Å². The van der Waals surface area contributed by atoms with Crippen LogP contribution in [-0.2, 0) is 24.3 Å². The fourth-order valence-corrected chi connectivity index (χ4v) is 2.11. The largest absolute Gasteiger partial charge is 0.339 e. The van der Waals surface area contributed by atoms with E-state index in [9.17, 15) is 9.18 Å². The number of rotatable bonds is 7. The van der Waals surface area contributed by atoms with E-state index < -0.39 is 0 Å². The monoisotopic (exact) mass is 320 g/mol. The molecule has 0 fully saturated rings. The fraction of sp³-hybridized carbons (Fsp3) is 0.438. The molecule has 0 aliphatic rings. The molecule has 1 aromatic heterocycles. The minimum absolute atomic E-state index is 0.0440.